The Morgan fingerprint density at radius 3 is 2.48 bits per heavy atom. The highest BCUT2D eigenvalue weighted by Crippen LogP contribution is 2.23. The maximum absolute atomic E-state index is 13.8. The van der Waals surface area contributed by atoms with Crippen molar-refractivity contribution in [3.8, 4) is 0 Å². The van der Waals surface area contributed by atoms with E-state index in [4.69, 9.17) is 16.3 Å². The molecular formula is C13H18ClF2NO3S. The first-order valence-corrected chi connectivity index (χ1v) is 8.29. The van der Waals surface area contributed by atoms with Crippen LogP contribution in [-0.2, 0) is 20.6 Å². The van der Waals surface area contributed by atoms with E-state index in [0.29, 0.717) is 0 Å². The van der Waals surface area contributed by atoms with Crippen molar-refractivity contribution in [1.29, 1.82) is 0 Å². The summed E-state index contributed by atoms with van der Waals surface area (Å²) in [5, 5.41) is 0. The standard InChI is InChI=1S/C13H18ClF2NO3S/c1-9(2)20-5-4-17(3)21(18,19)12-7-10(8-14)6-11(15)13(12)16/h6-7,9H,4-5,8H2,1-3H3. The third-order valence-corrected chi connectivity index (χ3v) is 4.92. The first-order valence-electron chi connectivity index (χ1n) is 6.32. The summed E-state index contributed by atoms with van der Waals surface area (Å²) in [6.45, 7) is 3.82. The average molecular weight is 342 g/mol. The summed E-state index contributed by atoms with van der Waals surface area (Å²) in [4.78, 5) is -0.717. The quantitative estimate of drug-likeness (QED) is 0.716. The van der Waals surface area contributed by atoms with Crippen molar-refractivity contribution in [2.45, 2.75) is 30.7 Å². The number of halogens is 3. The molecule has 120 valence electrons. The van der Waals surface area contributed by atoms with E-state index in [-0.39, 0.29) is 30.7 Å². The van der Waals surface area contributed by atoms with Gasteiger partial charge in [-0.2, -0.15) is 4.31 Å². The molecule has 0 saturated carbocycles. The Kier molecular flexibility index (Phi) is 6.52. The second-order valence-electron chi connectivity index (χ2n) is 4.77. The van der Waals surface area contributed by atoms with E-state index in [1.807, 2.05) is 13.8 Å². The Balaban J connectivity index is 3.04. The Hall–Kier alpha value is -0.760. The summed E-state index contributed by atoms with van der Waals surface area (Å²) < 4.78 is 57.9. The number of nitrogens with zero attached hydrogens (tertiary/aromatic N) is 1. The van der Waals surface area contributed by atoms with Gasteiger partial charge in [-0.15, -0.1) is 11.6 Å². The summed E-state index contributed by atoms with van der Waals surface area (Å²) in [7, 11) is -2.86. The molecule has 0 aromatic heterocycles. The number of benzene rings is 1. The molecule has 0 spiro atoms. The number of hydrogen-bond donors (Lipinski definition) is 0. The maximum atomic E-state index is 13.8. The normalized spacial score (nSPS) is 12.4. The molecular weight excluding hydrogens is 324 g/mol. The van der Waals surface area contributed by atoms with E-state index in [0.717, 1.165) is 16.4 Å². The van der Waals surface area contributed by atoms with Gasteiger partial charge in [0.05, 0.1) is 12.7 Å². The Morgan fingerprint density at radius 1 is 1.33 bits per heavy atom. The zero-order valence-corrected chi connectivity index (χ0v) is 13.6. The second kappa shape index (κ2) is 7.49. The topological polar surface area (TPSA) is 46.6 Å². The fourth-order valence-electron chi connectivity index (χ4n) is 1.59. The molecule has 0 saturated heterocycles. The van der Waals surface area contributed by atoms with Gasteiger partial charge in [-0.05, 0) is 31.5 Å². The average Bonchev–Trinajstić information content (AvgIpc) is 2.40. The Labute approximate surface area is 128 Å². The van der Waals surface area contributed by atoms with Crippen LogP contribution in [0.1, 0.15) is 19.4 Å². The largest absolute Gasteiger partial charge is 0.377 e. The monoisotopic (exact) mass is 341 g/mol. The van der Waals surface area contributed by atoms with Gasteiger partial charge in [0.1, 0.15) is 4.90 Å². The zero-order chi connectivity index (χ0) is 16.2. The molecule has 0 radical (unpaired) electrons. The zero-order valence-electron chi connectivity index (χ0n) is 12.1. The molecule has 1 aromatic carbocycles. The van der Waals surface area contributed by atoms with Crippen LogP contribution in [0.2, 0.25) is 0 Å². The van der Waals surface area contributed by atoms with E-state index in [9.17, 15) is 17.2 Å². The number of likely N-dealkylation sites (N-methyl/N-ethyl adjacent to an activating group) is 1. The second-order valence-corrected chi connectivity index (χ2v) is 7.05. The molecule has 0 amide bonds. The molecule has 1 rings (SSSR count). The van der Waals surface area contributed by atoms with Crippen LogP contribution < -0.4 is 0 Å². The molecule has 21 heavy (non-hydrogen) atoms. The predicted octanol–water partition coefficient (Wildman–Crippen LogP) is 2.75. The summed E-state index contributed by atoms with van der Waals surface area (Å²) in [5.41, 5.74) is 0.195. The highest BCUT2D eigenvalue weighted by atomic mass is 35.5. The molecule has 0 heterocycles. The first kappa shape index (κ1) is 18.3. The summed E-state index contributed by atoms with van der Waals surface area (Å²) in [6.07, 6.45) is -0.0464. The molecule has 0 aliphatic heterocycles. The van der Waals surface area contributed by atoms with Gasteiger partial charge in [0, 0.05) is 19.5 Å². The van der Waals surface area contributed by atoms with Crippen LogP contribution in [-0.4, -0.2) is 39.0 Å². The van der Waals surface area contributed by atoms with Crippen molar-refractivity contribution in [2.24, 2.45) is 0 Å². The molecule has 0 aliphatic carbocycles. The number of alkyl halides is 1. The van der Waals surface area contributed by atoms with E-state index in [2.05, 4.69) is 0 Å². The summed E-state index contributed by atoms with van der Waals surface area (Å²) in [6, 6.07) is 1.92. The predicted molar refractivity (Wildman–Crippen MR) is 76.8 cm³/mol. The van der Waals surface area contributed by atoms with Gasteiger partial charge < -0.3 is 4.74 Å². The minimum atomic E-state index is -4.14. The summed E-state index contributed by atoms with van der Waals surface area (Å²) >= 11 is 5.55. The van der Waals surface area contributed by atoms with Gasteiger partial charge in [-0.3, -0.25) is 0 Å². The van der Waals surface area contributed by atoms with Gasteiger partial charge in [-0.25, -0.2) is 17.2 Å². The van der Waals surface area contributed by atoms with Crippen LogP contribution in [0.3, 0.4) is 0 Å². The van der Waals surface area contributed by atoms with Gasteiger partial charge in [0.2, 0.25) is 10.0 Å². The number of hydrogen-bond acceptors (Lipinski definition) is 3. The lowest BCUT2D eigenvalue weighted by molar-refractivity contribution is 0.0737. The number of rotatable bonds is 7. The van der Waals surface area contributed by atoms with Crippen molar-refractivity contribution < 1.29 is 21.9 Å². The third-order valence-electron chi connectivity index (χ3n) is 2.75. The molecule has 0 aliphatic rings. The van der Waals surface area contributed by atoms with Crippen LogP contribution in [0.25, 0.3) is 0 Å². The highest BCUT2D eigenvalue weighted by molar-refractivity contribution is 7.89. The van der Waals surface area contributed by atoms with Crippen LogP contribution in [0.4, 0.5) is 8.78 Å². The van der Waals surface area contributed by atoms with Gasteiger partial charge >= 0.3 is 0 Å². The molecule has 0 N–H and O–H groups in total. The lowest BCUT2D eigenvalue weighted by Gasteiger charge is -2.19. The van der Waals surface area contributed by atoms with E-state index < -0.39 is 26.6 Å². The molecule has 1 aromatic rings. The van der Waals surface area contributed by atoms with Gasteiger partial charge in [0.15, 0.2) is 11.6 Å². The molecule has 0 unspecified atom stereocenters. The van der Waals surface area contributed by atoms with Crippen LogP contribution in [0.5, 0.6) is 0 Å². The first-order chi connectivity index (χ1) is 9.70. The van der Waals surface area contributed by atoms with Crippen LogP contribution >= 0.6 is 11.6 Å². The van der Waals surface area contributed by atoms with E-state index in [1.54, 1.807) is 0 Å². The molecule has 4 nitrogen and oxygen atoms in total. The minimum absolute atomic E-state index is 0.0344. The van der Waals surface area contributed by atoms with Crippen molar-refractivity contribution in [2.75, 3.05) is 20.2 Å². The SMILES string of the molecule is CC(C)OCCN(C)S(=O)(=O)c1cc(CCl)cc(F)c1F. The van der Waals surface area contributed by atoms with Crippen molar-refractivity contribution in [3.63, 3.8) is 0 Å². The Morgan fingerprint density at radius 2 is 1.95 bits per heavy atom. The lowest BCUT2D eigenvalue weighted by Crippen LogP contribution is -2.31. The fourth-order valence-corrected chi connectivity index (χ4v) is 3.02. The summed E-state index contributed by atoms with van der Waals surface area (Å²) in [5.74, 6) is -2.75. The maximum Gasteiger partial charge on any atom is 0.245 e. The fraction of sp³-hybridized carbons (Fsp3) is 0.538. The van der Waals surface area contributed by atoms with Crippen LogP contribution in [0.15, 0.2) is 17.0 Å². The molecule has 0 atom stereocenters. The van der Waals surface area contributed by atoms with Crippen molar-refractivity contribution in [1.82, 2.24) is 4.31 Å². The molecule has 0 bridgehead atoms. The Bertz CT molecular complexity index is 593. The van der Waals surface area contributed by atoms with Crippen molar-refractivity contribution in [3.05, 3.63) is 29.3 Å². The van der Waals surface area contributed by atoms with Gasteiger partial charge in [-0.1, -0.05) is 0 Å². The highest BCUT2D eigenvalue weighted by Gasteiger charge is 2.27. The molecule has 8 heteroatoms. The minimum Gasteiger partial charge on any atom is -0.377 e. The lowest BCUT2D eigenvalue weighted by atomic mass is 10.2. The number of sulfonamides is 1. The van der Waals surface area contributed by atoms with Crippen molar-refractivity contribution >= 4 is 21.6 Å². The smallest absolute Gasteiger partial charge is 0.245 e. The molecule has 0 fully saturated rings. The van der Waals surface area contributed by atoms with Crippen LogP contribution in [0, 0.1) is 11.6 Å². The number of ether oxygens (including phenoxy) is 1. The van der Waals surface area contributed by atoms with E-state index >= 15 is 0 Å². The van der Waals surface area contributed by atoms with E-state index in [1.165, 1.54) is 7.05 Å². The van der Waals surface area contributed by atoms with Gasteiger partial charge in [0.25, 0.3) is 0 Å². The third kappa shape index (κ3) is 4.60.